The smallest absolute Gasteiger partial charge is 0.308 e. The van der Waals surface area contributed by atoms with Gasteiger partial charge in [-0.2, -0.15) is 0 Å². The Kier molecular flexibility index (Phi) is 19.0. The number of hydrogen-bond acceptors (Lipinski definition) is 10. The number of esters is 1. The molecule has 4 rings (SSSR count). The lowest BCUT2D eigenvalue weighted by molar-refractivity contribution is -0.148. The normalized spacial score (nSPS) is 19.3. The quantitative estimate of drug-likeness (QED) is 0.0870. The zero-order chi connectivity index (χ0) is 43.8. The van der Waals surface area contributed by atoms with E-state index in [1.165, 1.54) is 0 Å². The summed E-state index contributed by atoms with van der Waals surface area (Å²) < 4.78 is 36.0. The fourth-order valence-electron chi connectivity index (χ4n) is 7.92. The molecule has 0 bridgehead atoms. The van der Waals surface area contributed by atoms with Crippen LogP contribution < -0.4 is 21.3 Å². The van der Waals surface area contributed by atoms with Crippen LogP contribution >= 0.6 is 0 Å². The van der Waals surface area contributed by atoms with Crippen LogP contribution in [0.4, 0.5) is 5.69 Å². The van der Waals surface area contributed by atoms with Crippen molar-refractivity contribution in [2.75, 3.05) is 23.9 Å². The SMILES string of the molecule is CC[C@H](NC(=O)[C@@H]1CC2CCCCC2N1C(=O)[C@H](CCS(C)(=O)=O)NC(=O)[C@H](CCCCOCc1ccccc1)NC(C)C)C(=O)Nc1ccc(COC(=O)C(C)C)cc1. The Morgan fingerprint density at radius 1 is 0.800 bits per heavy atom. The first-order chi connectivity index (χ1) is 28.6. The third kappa shape index (κ3) is 15.3. The van der Waals surface area contributed by atoms with E-state index in [1.54, 1.807) is 49.9 Å². The van der Waals surface area contributed by atoms with E-state index in [9.17, 15) is 32.4 Å². The van der Waals surface area contributed by atoms with Crippen molar-refractivity contribution in [1.82, 2.24) is 20.9 Å². The lowest BCUT2D eigenvalue weighted by Crippen LogP contribution is -2.59. The fraction of sp³-hybridized carbons (Fsp3) is 0.622. The summed E-state index contributed by atoms with van der Waals surface area (Å²) in [5.41, 5.74) is 2.34. The van der Waals surface area contributed by atoms with E-state index >= 15 is 0 Å². The number of benzene rings is 2. The van der Waals surface area contributed by atoms with Crippen LogP contribution in [0.5, 0.6) is 0 Å². The third-order valence-electron chi connectivity index (χ3n) is 11.1. The Balaban J connectivity index is 1.45. The summed E-state index contributed by atoms with van der Waals surface area (Å²) >= 11 is 0. The second-order valence-corrected chi connectivity index (χ2v) is 19.2. The van der Waals surface area contributed by atoms with Gasteiger partial charge in [0.2, 0.25) is 23.6 Å². The number of anilines is 1. The summed E-state index contributed by atoms with van der Waals surface area (Å²) in [5.74, 6) is -2.62. The summed E-state index contributed by atoms with van der Waals surface area (Å²) in [7, 11) is -3.51. The maximum absolute atomic E-state index is 14.7. The highest BCUT2D eigenvalue weighted by Crippen LogP contribution is 2.40. The summed E-state index contributed by atoms with van der Waals surface area (Å²) in [5, 5.41) is 12.0. The van der Waals surface area contributed by atoms with Gasteiger partial charge in [-0.25, -0.2) is 8.42 Å². The van der Waals surface area contributed by atoms with Crippen LogP contribution in [0.3, 0.4) is 0 Å². The molecule has 2 aliphatic rings. The van der Waals surface area contributed by atoms with E-state index in [4.69, 9.17) is 9.47 Å². The van der Waals surface area contributed by atoms with Gasteiger partial charge in [-0.15, -0.1) is 0 Å². The van der Waals surface area contributed by atoms with Gasteiger partial charge in [0.25, 0.3) is 0 Å². The van der Waals surface area contributed by atoms with Crippen molar-refractivity contribution >= 4 is 45.1 Å². The molecule has 4 N–H and O–H groups in total. The number of unbranched alkanes of at least 4 members (excludes halogenated alkanes) is 1. The summed E-state index contributed by atoms with van der Waals surface area (Å²) in [4.78, 5) is 69.8. The zero-order valence-electron chi connectivity index (χ0n) is 36.2. The zero-order valence-corrected chi connectivity index (χ0v) is 37.1. The van der Waals surface area contributed by atoms with Crippen LogP contribution in [0, 0.1) is 11.8 Å². The van der Waals surface area contributed by atoms with Gasteiger partial charge in [-0.1, -0.05) is 89.9 Å². The molecule has 6 atom stereocenters. The van der Waals surface area contributed by atoms with Crippen molar-refractivity contribution in [3.8, 4) is 0 Å². The van der Waals surface area contributed by atoms with E-state index in [2.05, 4.69) is 21.3 Å². The molecule has 0 spiro atoms. The Morgan fingerprint density at radius 2 is 1.48 bits per heavy atom. The van der Waals surface area contributed by atoms with E-state index in [-0.39, 0.29) is 55.1 Å². The largest absolute Gasteiger partial charge is 0.461 e. The highest BCUT2D eigenvalue weighted by molar-refractivity contribution is 7.90. The summed E-state index contributed by atoms with van der Waals surface area (Å²) in [6, 6.07) is 12.8. The predicted octanol–water partition coefficient (Wildman–Crippen LogP) is 5.05. The first kappa shape index (κ1) is 48.3. The molecule has 2 aromatic rings. The molecule has 1 saturated heterocycles. The van der Waals surface area contributed by atoms with Crippen molar-refractivity contribution < 1.29 is 41.9 Å². The minimum atomic E-state index is -3.51. The Labute approximate surface area is 356 Å². The molecule has 14 nitrogen and oxygen atoms in total. The number of hydrogen-bond donors (Lipinski definition) is 4. The van der Waals surface area contributed by atoms with Crippen LogP contribution in [-0.2, 0) is 56.5 Å². The van der Waals surface area contributed by atoms with Gasteiger partial charge in [0.1, 0.15) is 34.6 Å². The third-order valence-corrected chi connectivity index (χ3v) is 12.1. The van der Waals surface area contributed by atoms with Crippen molar-refractivity contribution in [2.45, 2.75) is 148 Å². The van der Waals surface area contributed by atoms with Crippen LogP contribution in [0.1, 0.15) is 110 Å². The lowest BCUT2D eigenvalue weighted by Gasteiger charge is -2.36. The number of sulfone groups is 1. The molecule has 0 aromatic heterocycles. The highest BCUT2D eigenvalue weighted by Gasteiger charge is 2.49. The average Bonchev–Trinajstić information content (AvgIpc) is 3.61. The second kappa shape index (κ2) is 23.6. The number of carbonyl (C=O) groups excluding carboxylic acids is 5. The molecule has 332 valence electrons. The van der Waals surface area contributed by atoms with Crippen LogP contribution in [-0.4, -0.2) is 97.8 Å². The number of rotatable bonds is 23. The standard InChI is InChI=1S/C45H67N5O9S/c1-7-36(41(51)47-35-22-20-33(21-23-35)29-59-45(55)30(2)3)48-43(53)40-27-34-17-11-12-19-39(34)50(40)44(54)38(24-26-60(6,56)57)49-42(52)37(46-31(4)5)18-13-14-25-58-28-32-15-9-8-10-16-32/h8-10,15-16,20-23,30-31,34,36-40,46H,7,11-14,17-19,24-29H2,1-6H3,(H,47,51)(H,48,53)(H,49,52)/t34?,36-,37-,38-,39?,40-/m0/s1. The lowest BCUT2D eigenvalue weighted by atomic mass is 9.84. The number of likely N-dealkylation sites (tertiary alicyclic amines) is 1. The molecule has 2 fully saturated rings. The van der Waals surface area contributed by atoms with Crippen molar-refractivity contribution in [2.24, 2.45) is 11.8 Å². The number of nitrogens with one attached hydrogen (secondary N) is 4. The van der Waals surface area contributed by atoms with Gasteiger partial charge in [-0.3, -0.25) is 24.0 Å². The van der Waals surface area contributed by atoms with Crippen molar-refractivity contribution in [3.63, 3.8) is 0 Å². The predicted molar refractivity (Wildman–Crippen MR) is 231 cm³/mol. The highest BCUT2D eigenvalue weighted by atomic mass is 32.2. The number of nitrogens with zero attached hydrogens (tertiary/aromatic N) is 1. The van der Waals surface area contributed by atoms with Gasteiger partial charge < -0.3 is 35.6 Å². The molecule has 60 heavy (non-hydrogen) atoms. The summed E-state index contributed by atoms with van der Waals surface area (Å²) in [6.07, 6.45) is 6.86. The van der Waals surface area contributed by atoms with Crippen molar-refractivity contribution in [3.05, 3.63) is 65.7 Å². The number of carbonyl (C=O) groups is 5. The minimum absolute atomic E-state index is 0.0425. The Morgan fingerprint density at radius 3 is 2.13 bits per heavy atom. The first-order valence-corrected chi connectivity index (χ1v) is 23.7. The number of amides is 4. The average molecular weight is 854 g/mol. The maximum atomic E-state index is 14.7. The molecule has 1 aliphatic heterocycles. The molecule has 1 aliphatic carbocycles. The van der Waals surface area contributed by atoms with E-state index in [0.29, 0.717) is 44.6 Å². The maximum Gasteiger partial charge on any atom is 0.308 e. The molecule has 1 heterocycles. The van der Waals surface area contributed by atoms with Gasteiger partial charge in [0.15, 0.2) is 0 Å². The molecule has 2 unspecified atom stereocenters. The molecule has 15 heteroatoms. The van der Waals surface area contributed by atoms with Crippen LogP contribution in [0.2, 0.25) is 0 Å². The fourth-order valence-corrected chi connectivity index (χ4v) is 8.58. The van der Waals surface area contributed by atoms with Gasteiger partial charge in [0.05, 0.1) is 24.3 Å². The topological polar surface area (TPSA) is 189 Å². The molecular formula is C45H67N5O9S. The molecule has 0 radical (unpaired) electrons. The van der Waals surface area contributed by atoms with Gasteiger partial charge >= 0.3 is 5.97 Å². The molecule has 4 amide bonds. The number of fused-ring (bicyclic) bond motifs is 1. The minimum Gasteiger partial charge on any atom is -0.461 e. The number of ether oxygens (including phenoxy) is 2. The van der Waals surface area contributed by atoms with E-state index in [0.717, 1.165) is 43.1 Å². The summed E-state index contributed by atoms with van der Waals surface area (Å²) in [6.45, 7) is 10.3. The van der Waals surface area contributed by atoms with E-state index < -0.39 is 57.6 Å². The van der Waals surface area contributed by atoms with E-state index in [1.807, 2.05) is 44.2 Å². The second-order valence-electron chi connectivity index (χ2n) is 16.9. The van der Waals surface area contributed by atoms with Gasteiger partial charge in [0, 0.05) is 30.6 Å². The van der Waals surface area contributed by atoms with Gasteiger partial charge in [-0.05, 0) is 80.5 Å². The first-order valence-electron chi connectivity index (χ1n) is 21.6. The van der Waals surface area contributed by atoms with Crippen LogP contribution in [0.25, 0.3) is 0 Å². The van der Waals surface area contributed by atoms with Crippen LogP contribution in [0.15, 0.2) is 54.6 Å². The Hall–Kier alpha value is -4.34. The Bertz CT molecular complexity index is 1820. The monoisotopic (exact) mass is 853 g/mol. The molecule has 2 aromatic carbocycles. The molecular weight excluding hydrogens is 787 g/mol. The molecule has 1 saturated carbocycles. The van der Waals surface area contributed by atoms with Crippen molar-refractivity contribution in [1.29, 1.82) is 0 Å².